The first kappa shape index (κ1) is 11.9. The van der Waals surface area contributed by atoms with Crippen molar-refractivity contribution in [2.75, 3.05) is 6.54 Å². The average molecular weight is 237 g/mol. The van der Waals surface area contributed by atoms with Crippen LogP contribution in [0.1, 0.15) is 32.6 Å². The van der Waals surface area contributed by atoms with Gasteiger partial charge in [-0.05, 0) is 31.9 Å². The Balaban J connectivity index is 1.88. The molecule has 16 heavy (non-hydrogen) atoms. The molecule has 0 aliphatic heterocycles. The van der Waals surface area contributed by atoms with Crippen molar-refractivity contribution in [3.8, 4) is 0 Å². The van der Waals surface area contributed by atoms with E-state index in [4.69, 9.17) is 0 Å². The van der Waals surface area contributed by atoms with Gasteiger partial charge in [-0.25, -0.2) is 9.97 Å². The molecule has 0 bridgehead atoms. The Labute approximate surface area is 101 Å². The molecule has 1 aromatic rings. The number of hydrogen-bond acceptors (Lipinski definition) is 4. The van der Waals surface area contributed by atoms with Crippen molar-refractivity contribution < 1.29 is 0 Å². The summed E-state index contributed by atoms with van der Waals surface area (Å²) in [6.45, 7) is 3.34. The van der Waals surface area contributed by atoms with Crippen LogP contribution < -0.4 is 5.32 Å². The Morgan fingerprint density at radius 1 is 1.38 bits per heavy atom. The summed E-state index contributed by atoms with van der Waals surface area (Å²) in [5, 5.41) is 5.19. The molecule has 0 saturated heterocycles. The molecular formula is C12H19N3S. The highest BCUT2D eigenvalue weighted by Gasteiger charge is 2.28. The molecule has 1 saturated carbocycles. The van der Waals surface area contributed by atoms with Crippen LogP contribution in [0.25, 0.3) is 0 Å². The van der Waals surface area contributed by atoms with Gasteiger partial charge in [-0.3, -0.25) is 0 Å². The Hall–Kier alpha value is -0.610. The van der Waals surface area contributed by atoms with Crippen molar-refractivity contribution in [3.63, 3.8) is 0 Å². The van der Waals surface area contributed by atoms with Crippen LogP contribution in [0.15, 0.2) is 23.6 Å². The molecule has 3 nitrogen and oxygen atoms in total. The van der Waals surface area contributed by atoms with E-state index in [1.54, 1.807) is 0 Å². The second-order valence-electron chi connectivity index (χ2n) is 4.18. The van der Waals surface area contributed by atoms with E-state index >= 15 is 0 Å². The number of nitrogens with zero attached hydrogens (tertiary/aromatic N) is 2. The summed E-state index contributed by atoms with van der Waals surface area (Å²) in [5.74, 6) is 0. The van der Waals surface area contributed by atoms with Gasteiger partial charge in [0.1, 0.15) is 0 Å². The van der Waals surface area contributed by atoms with Crippen molar-refractivity contribution >= 4 is 11.8 Å². The van der Waals surface area contributed by atoms with E-state index in [-0.39, 0.29) is 0 Å². The zero-order chi connectivity index (χ0) is 11.2. The van der Waals surface area contributed by atoms with Gasteiger partial charge >= 0.3 is 0 Å². The smallest absolute Gasteiger partial charge is 0.187 e. The summed E-state index contributed by atoms with van der Waals surface area (Å²) in [7, 11) is 0. The summed E-state index contributed by atoms with van der Waals surface area (Å²) < 4.78 is 0. The van der Waals surface area contributed by atoms with Crippen molar-refractivity contribution in [1.82, 2.24) is 15.3 Å². The maximum absolute atomic E-state index is 4.28. The minimum absolute atomic E-state index is 0.647. The second kappa shape index (κ2) is 6.21. The molecule has 2 atom stereocenters. The fourth-order valence-electron chi connectivity index (χ4n) is 2.11. The predicted molar refractivity (Wildman–Crippen MR) is 67.6 cm³/mol. The number of nitrogens with one attached hydrogen (secondary N) is 1. The maximum Gasteiger partial charge on any atom is 0.187 e. The molecule has 1 fully saturated rings. The normalized spacial score (nSPS) is 24.8. The molecule has 1 N–H and O–H groups in total. The molecule has 1 aromatic heterocycles. The Morgan fingerprint density at radius 3 is 2.94 bits per heavy atom. The predicted octanol–water partition coefficient (Wildman–Crippen LogP) is 2.49. The highest BCUT2D eigenvalue weighted by molar-refractivity contribution is 7.99. The van der Waals surface area contributed by atoms with Crippen LogP contribution >= 0.6 is 11.8 Å². The first-order chi connectivity index (χ1) is 7.90. The summed E-state index contributed by atoms with van der Waals surface area (Å²) in [4.78, 5) is 8.56. The highest BCUT2D eigenvalue weighted by atomic mass is 32.2. The molecule has 1 heterocycles. The van der Waals surface area contributed by atoms with Crippen molar-refractivity contribution in [1.29, 1.82) is 0 Å². The quantitative estimate of drug-likeness (QED) is 0.798. The van der Waals surface area contributed by atoms with Crippen molar-refractivity contribution in [3.05, 3.63) is 18.5 Å². The number of hydrogen-bond donors (Lipinski definition) is 1. The molecule has 1 aliphatic rings. The molecule has 2 rings (SSSR count). The SMILES string of the molecule is CCCNC1CCCC1Sc1ncccn1. The fourth-order valence-corrected chi connectivity index (χ4v) is 3.31. The van der Waals surface area contributed by atoms with Gasteiger partial charge in [0.05, 0.1) is 0 Å². The lowest BCUT2D eigenvalue weighted by molar-refractivity contribution is 0.530. The lowest BCUT2D eigenvalue weighted by Gasteiger charge is -2.19. The lowest BCUT2D eigenvalue weighted by atomic mass is 10.2. The van der Waals surface area contributed by atoms with Gasteiger partial charge in [0, 0.05) is 23.7 Å². The van der Waals surface area contributed by atoms with Crippen LogP contribution in [0.3, 0.4) is 0 Å². The Kier molecular flexibility index (Phi) is 4.60. The fraction of sp³-hybridized carbons (Fsp3) is 0.667. The Morgan fingerprint density at radius 2 is 2.19 bits per heavy atom. The zero-order valence-corrected chi connectivity index (χ0v) is 10.5. The highest BCUT2D eigenvalue weighted by Crippen LogP contribution is 2.33. The van der Waals surface area contributed by atoms with Crippen LogP contribution in [0.2, 0.25) is 0 Å². The van der Waals surface area contributed by atoms with Gasteiger partial charge < -0.3 is 5.32 Å². The monoisotopic (exact) mass is 237 g/mol. The van der Waals surface area contributed by atoms with E-state index in [9.17, 15) is 0 Å². The third kappa shape index (κ3) is 3.19. The number of rotatable bonds is 5. The van der Waals surface area contributed by atoms with Crippen LogP contribution in [0, 0.1) is 0 Å². The largest absolute Gasteiger partial charge is 0.313 e. The van der Waals surface area contributed by atoms with E-state index < -0.39 is 0 Å². The van der Waals surface area contributed by atoms with Crippen molar-refractivity contribution in [2.24, 2.45) is 0 Å². The first-order valence-electron chi connectivity index (χ1n) is 6.07. The van der Waals surface area contributed by atoms with E-state index in [1.165, 1.54) is 25.7 Å². The van der Waals surface area contributed by atoms with Gasteiger partial charge in [-0.2, -0.15) is 0 Å². The lowest BCUT2D eigenvalue weighted by Crippen LogP contribution is -2.34. The van der Waals surface area contributed by atoms with Gasteiger partial charge in [-0.1, -0.05) is 25.1 Å². The molecule has 0 amide bonds. The molecule has 0 spiro atoms. The van der Waals surface area contributed by atoms with Gasteiger partial charge in [0.2, 0.25) is 0 Å². The molecule has 0 aromatic carbocycles. The molecule has 88 valence electrons. The van der Waals surface area contributed by atoms with Gasteiger partial charge in [0.15, 0.2) is 5.16 Å². The van der Waals surface area contributed by atoms with Crippen LogP contribution in [0.5, 0.6) is 0 Å². The van der Waals surface area contributed by atoms with E-state index in [2.05, 4.69) is 22.2 Å². The zero-order valence-electron chi connectivity index (χ0n) is 9.72. The molecule has 4 heteroatoms. The van der Waals surface area contributed by atoms with E-state index in [0.29, 0.717) is 11.3 Å². The van der Waals surface area contributed by atoms with Crippen LogP contribution in [-0.4, -0.2) is 27.8 Å². The van der Waals surface area contributed by atoms with Gasteiger partial charge in [0.25, 0.3) is 0 Å². The summed E-state index contributed by atoms with van der Waals surface area (Å²) in [6.07, 6.45) is 8.74. The van der Waals surface area contributed by atoms with Crippen LogP contribution in [-0.2, 0) is 0 Å². The average Bonchev–Trinajstić information content (AvgIpc) is 2.75. The molecule has 1 aliphatic carbocycles. The van der Waals surface area contributed by atoms with Gasteiger partial charge in [-0.15, -0.1) is 0 Å². The van der Waals surface area contributed by atoms with E-state index in [1.807, 2.05) is 30.2 Å². The summed E-state index contributed by atoms with van der Waals surface area (Å²) in [6, 6.07) is 2.51. The van der Waals surface area contributed by atoms with Crippen LogP contribution in [0.4, 0.5) is 0 Å². The number of aromatic nitrogens is 2. The van der Waals surface area contributed by atoms with Crippen molar-refractivity contribution in [2.45, 2.75) is 49.1 Å². The first-order valence-corrected chi connectivity index (χ1v) is 6.95. The topological polar surface area (TPSA) is 37.8 Å². The van der Waals surface area contributed by atoms with E-state index in [0.717, 1.165) is 11.7 Å². The maximum atomic E-state index is 4.28. The Bertz CT molecular complexity index is 304. The third-order valence-electron chi connectivity index (χ3n) is 2.91. The molecule has 0 radical (unpaired) electrons. The molecule has 2 unspecified atom stereocenters. The molecular weight excluding hydrogens is 218 g/mol. The minimum atomic E-state index is 0.647. The second-order valence-corrected chi connectivity index (χ2v) is 5.39. The number of thioether (sulfide) groups is 1. The standard InChI is InChI=1S/C12H19N3S/c1-2-7-13-10-5-3-6-11(10)16-12-14-8-4-9-15-12/h4,8-11,13H,2-3,5-7H2,1H3. The summed E-state index contributed by atoms with van der Waals surface area (Å²) in [5.41, 5.74) is 0. The minimum Gasteiger partial charge on any atom is -0.313 e. The third-order valence-corrected chi connectivity index (χ3v) is 4.20. The summed E-state index contributed by atoms with van der Waals surface area (Å²) >= 11 is 1.83.